The Balaban J connectivity index is 1.95. The predicted molar refractivity (Wildman–Crippen MR) is 77.9 cm³/mol. The van der Waals surface area contributed by atoms with Crippen LogP contribution in [-0.4, -0.2) is 18.0 Å². The monoisotopic (exact) mass is 300 g/mol. The molecule has 2 aromatic rings. The molecule has 112 valence electrons. The van der Waals surface area contributed by atoms with E-state index in [-0.39, 0.29) is 11.4 Å². The zero-order chi connectivity index (χ0) is 15.7. The minimum absolute atomic E-state index is 0.153. The number of methoxy groups -OCH3 is 1. The fourth-order valence-corrected chi connectivity index (χ4v) is 2.31. The van der Waals surface area contributed by atoms with Crippen molar-refractivity contribution in [3.8, 4) is 5.75 Å². The lowest BCUT2D eigenvalue weighted by molar-refractivity contribution is -0.384. The number of anilines is 1. The number of benzene rings is 2. The van der Waals surface area contributed by atoms with Crippen molar-refractivity contribution in [1.82, 2.24) is 0 Å². The van der Waals surface area contributed by atoms with Gasteiger partial charge in [-0.05, 0) is 18.2 Å². The van der Waals surface area contributed by atoms with Gasteiger partial charge in [-0.15, -0.1) is 0 Å². The van der Waals surface area contributed by atoms with Crippen LogP contribution >= 0.6 is 0 Å². The summed E-state index contributed by atoms with van der Waals surface area (Å²) in [6, 6.07) is 11.3. The van der Waals surface area contributed by atoms with Crippen molar-refractivity contribution >= 4 is 17.3 Å². The maximum absolute atomic E-state index is 11.8. The third-order valence-electron chi connectivity index (χ3n) is 3.38. The van der Waals surface area contributed by atoms with E-state index in [0.29, 0.717) is 16.9 Å². The average molecular weight is 300 g/mol. The minimum Gasteiger partial charge on any atom is -0.496 e. The Hall–Kier alpha value is -3.09. The molecule has 1 atom stereocenters. The summed E-state index contributed by atoms with van der Waals surface area (Å²) in [6.45, 7) is 0. The van der Waals surface area contributed by atoms with Crippen molar-refractivity contribution in [2.75, 3.05) is 12.4 Å². The largest absolute Gasteiger partial charge is 0.496 e. The van der Waals surface area contributed by atoms with Crippen LogP contribution in [0.4, 0.5) is 11.4 Å². The predicted octanol–water partition coefficient (Wildman–Crippen LogP) is 2.88. The molecule has 1 heterocycles. The first-order valence-electron chi connectivity index (χ1n) is 6.49. The van der Waals surface area contributed by atoms with E-state index in [0.717, 1.165) is 0 Å². The molecule has 0 radical (unpaired) electrons. The van der Waals surface area contributed by atoms with Crippen molar-refractivity contribution in [3.05, 3.63) is 63.7 Å². The maximum Gasteiger partial charge on any atom is 0.340 e. The van der Waals surface area contributed by atoms with Crippen LogP contribution in [0, 0.1) is 10.1 Å². The number of nitrogens with one attached hydrogen (secondary N) is 1. The van der Waals surface area contributed by atoms with Crippen LogP contribution in [0.5, 0.6) is 5.75 Å². The first-order valence-corrected chi connectivity index (χ1v) is 6.49. The molecule has 1 aliphatic rings. The molecule has 0 aromatic heterocycles. The molecule has 3 rings (SSSR count). The number of fused-ring (bicyclic) bond motifs is 1. The molecule has 2 aromatic carbocycles. The van der Waals surface area contributed by atoms with E-state index in [1.807, 2.05) is 0 Å². The molecular weight excluding hydrogens is 288 g/mol. The van der Waals surface area contributed by atoms with E-state index >= 15 is 0 Å². The van der Waals surface area contributed by atoms with E-state index in [1.54, 1.807) is 30.3 Å². The number of nitrogens with zero attached hydrogens (tertiary/aromatic N) is 1. The highest BCUT2D eigenvalue weighted by Crippen LogP contribution is 2.35. The number of nitro groups is 1. The molecule has 0 amide bonds. The first kappa shape index (κ1) is 13.9. The lowest BCUT2D eigenvalue weighted by atomic mass is 10.1. The third kappa shape index (κ3) is 2.32. The summed E-state index contributed by atoms with van der Waals surface area (Å²) in [6.07, 6.45) is -0.754. The van der Waals surface area contributed by atoms with Gasteiger partial charge in [-0.1, -0.05) is 18.2 Å². The number of esters is 1. The van der Waals surface area contributed by atoms with Crippen LogP contribution in [0.2, 0.25) is 0 Å². The summed E-state index contributed by atoms with van der Waals surface area (Å²) in [5.74, 6) is -0.0784. The van der Waals surface area contributed by atoms with Crippen molar-refractivity contribution in [1.29, 1.82) is 0 Å². The second kappa shape index (κ2) is 5.36. The fourth-order valence-electron chi connectivity index (χ4n) is 2.31. The number of hydrogen-bond acceptors (Lipinski definition) is 6. The van der Waals surface area contributed by atoms with Crippen LogP contribution in [0.15, 0.2) is 42.5 Å². The zero-order valence-electron chi connectivity index (χ0n) is 11.6. The molecule has 0 fully saturated rings. The van der Waals surface area contributed by atoms with Gasteiger partial charge in [0.1, 0.15) is 11.4 Å². The Bertz CT molecular complexity index is 759. The second-order valence-electron chi connectivity index (χ2n) is 4.66. The van der Waals surface area contributed by atoms with Gasteiger partial charge < -0.3 is 14.8 Å². The summed E-state index contributed by atoms with van der Waals surface area (Å²) >= 11 is 0. The summed E-state index contributed by atoms with van der Waals surface area (Å²) in [7, 11) is 1.43. The lowest BCUT2D eigenvalue weighted by Gasteiger charge is -2.14. The van der Waals surface area contributed by atoms with Crippen molar-refractivity contribution < 1.29 is 19.2 Å². The van der Waals surface area contributed by atoms with Crippen LogP contribution < -0.4 is 10.1 Å². The molecule has 7 heteroatoms. The highest BCUT2D eigenvalue weighted by atomic mass is 16.6. The smallest absolute Gasteiger partial charge is 0.340 e. The van der Waals surface area contributed by atoms with Gasteiger partial charge >= 0.3 is 5.97 Å². The van der Waals surface area contributed by atoms with Gasteiger partial charge in [-0.25, -0.2) is 4.79 Å². The van der Waals surface area contributed by atoms with Crippen molar-refractivity contribution in [3.63, 3.8) is 0 Å². The number of carbonyl (C=O) groups excluding carboxylic acids is 1. The van der Waals surface area contributed by atoms with Crippen LogP contribution in [-0.2, 0) is 4.74 Å². The number of cyclic esters (lactones) is 1. The van der Waals surface area contributed by atoms with Crippen LogP contribution in [0.25, 0.3) is 0 Å². The SMILES string of the molecule is COc1ccc(N[C@H]2OC(=O)c3ccccc32)c([N+](=O)[O-])c1. The Kier molecular flexibility index (Phi) is 3.38. The van der Waals surface area contributed by atoms with Crippen molar-refractivity contribution in [2.45, 2.75) is 6.23 Å². The molecular formula is C15H12N2O5. The Morgan fingerprint density at radius 3 is 2.77 bits per heavy atom. The summed E-state index contributed by atoms with van der Waals surface area (Å²) in [5, 5.41) is 14.1. The molecule has 0 unspecified atom stereocenters. The lowest BCUT2D eigenvalue weighted by Crippen LogP contribution is -2.11. The quantitative estimate of drug-likeness (QED) is 0.530. The molecule has 22 heavy (non-hydrogen) atoms. The van der Waals surface area contributed by atoms with Gasteiger partial charge in [0.25, 0.3) is 5.69 Å². The van der Waals surface area contributed by atoms with E-state index in [9.17, 15) is 14.9 Å². The van der Waals surface area contributed by atoms with Gasteiger partial charge in [0, 0.05) is 5.56 Å². The Morgan fingerprint density at radius 2 is 2.05 bits per heavy atom. The number of hydrogen-bond donors (Lipinski definition) is 1. The standard InChI is InChI=1S/C15H12N2O5/c1-21-9-6-7-12(13(8-9)17(19)20)16-14-10-4-2-3-5-11(10)15(18)22-14/h2-8,14,16H,1H3/t14-/m0/s1. The second-order valence-corrected chi connectivity index (χ2v) is 4.66. The average Bonchev–Trinajstić information content (AvgIpc) is 2.84. The van der Waals surface area contributed by atoms with Gasteiger partial charge in [0.2, 0.25) is 6.23 Å². The van der Waals surface area contributed by atoms with Gasteiger partial charge in [0.05, 0.1) is 23.7 Å². The maximum atomic E-state index is 11.8. The molecule has 0 saturated carbocycles. The summed E-state index contributed by atoms with van der Waals surface area (Å²) in [5.41, 5.74) is 1.20. The topological polar surface area (TPSA) is 90.7 Å². The normalized spacial score (nSPS) is 15.9. The van der Waals surface area contributed by atoms with E-state index in [4.69, 9.17) is 9.47 Å². The fraction of sp³-hybridized carbons (Fsp3) is 0.133. The van der Waals surface area contributed by atoms with Crippen LogP contribution in [0.3, 0.4) is 0 Å². The summed E-state index contributed by atoms with van der Waals surface area (Å²) in [4.78, 5) is 22.4. The number of ether oxygens (including phenoxy) is 2. The van der Waals surface area contributed by atoms with E-state index < -0.39 is 17.1 Å². The van der Waals surface area contributed by atoms with E-state index in [1.165, 1.54) is 19.2 Å². The molecule has 0 saturated heterocycles. The number of carbonyl (C=O) groups is 1. The molecule has 0 aliphatic carbocycles. The Morgan fingerprint density at radius 1 is 1.27 bits per heavy atom. The number of nitro benzene ring substituents is 1. The van der Waals surface area contributed by atoms with E-state index in [2.05, 4.69) is 5.32 Å². The molecule has 1 aliphatic heterocycles. The minimum atomic E-state index is -0.754. The first-order chi connectivity index (χ1) is 10.6. The summed E-state index contributed by atoms with van der Waals surface area (Å²) < 4.78 is 10.2. The third-order valence-corrected chi connectivity index (χ3v) is 3.38. The van der Waals surface area contributed by atoms with Gasteiger partial charge in [0.15, 0.2) is 0 Å². The molecule has 1 N–H and O–H groups in total. The molecule has 0 bridgehead atoms. The zero-order valence-corrected chi connectivity index (χ0v) is 11.6. The Labute approximate surface area is 125 Å². The van der Waals surface area contributed by atoms with Gasteiger partial charge in [-0.3, -0.25) is 10.1 Å². The van der Waals surface area contributed by atoms with Crippen LogP contribution in [0.1, 0.15) is 22.1 Å². The molecule has 0 spiro atoms. The highest BCUT2D eigenvalue weighted by molar-refractivity contribution is 5.94. The molecule has 7 nitrogen and oxygen atoms in total. The number of rotatable bonds is 4. The van der Waals surface area contributed by atoms with Gasteiger partial charge in [-0.2, -0.15) is 0 Å². The highest BCUT2D eigenvalue weighted by Gasteiger charge is 2.31. The van der Waals surface area contributed by atoms with Crippen molar-refractivity contribution in [2.24, 2.45) is 0 Å².